The Balaban J connectivity index is 1.33. The maximum atomic E-state index is 12.6. The number of carbonyl (C=O) groups is 1. The van der Waals surface area contributed by atoms with E-state index in [1.807, 2.05) is 47.4 Å². The molecular formula is C22H25N3O3S. The Labute approximate surface area is 174 Å². The summed E-state index contributed by atoms with van der Waals surface area (Å²) in [5.41, 5.74) is 0. The largest absolute Gasteiger partial charge is 0.483 e. The van der Waals surface area contributed by atoms with Crippen molar-refractivity contribution in [2.24, 2.45) is 0 Å². The maximum Gasteiger partial charge on any atom is 0.277 e. The Morgan fingerprint density at radius 2 is 1.90 bits per heavy atom. The van der Waals surface area contributed by atoms with Crippen molar-refractivity contribution >= 4 is 28.4 Å². The van der Waals surface area contributed by atoms with E-state index in [0.29, 0.717) is 29.0 Å². The number of carbonyl (C=O) groups excluding carboxylic acids is 1. The monoisotopic (exact) mass is 411 g/mol. The highest BCUT2D eigenvalue weighted by molar-refractivity contribution is 7.99. The van der Waals surface area contributed by atoms with Crippen LogP contribution in [0.3, 0.4) is 0 Å². The summed E-state index contributed by atoms with van der Waals surface area (Å²) in [5.74, 6) is 1.60. The van der Waals surface area contributed by atoms with E-state index in [1.54, 1.807) is 0 Å². The van der Waals surface area contributed by atoms with E-state index in [0.717, 1.165) is 29.4 Å². The number of hydrogen-bond acceptors (Lipinski definition) is 6. The molecule has 1 aliphatic rings. The second-order valence-electron chi connectivity index (χ2n) is 7.45. The molecule has 29 heavy (non-hydrogen) atoms. The van der Waals surface area contributed by atoms with Gasteiger partial charge in [0.05, 0.1) is 5.75 Å². The molecule has 0 bridgehead atoms. The average Bonchev–Trinajstić information content (AvgIpc) is 3.18. The van der Waals surface area contributed by atoms with Gasteiger partial charge in [0.1, 0.15) is 5.75 Å². The van der Waals surface area contributed by atoms with Crippen LogP contribution in [0.2, 0.25) is 0 Å². The van der Waals surface area contributed by atoms with E-state index in [1.165, 1.54) is 18.2 Å². The molecule has 2 heterocycles. The molecular weight excluding hydrogens is 386 g/mol. The normalized spacial score (nSPS) is 19.4. The lowest BCUT2D eigenvalue weighted by molar-refractivity contribution is -0.134. The number of aromatic nitrogens is 2. The lowest BCUT2D eigenvalue weighted by atomic mass is 9.98. The summed E-state index contributed by atoms with van der Waals surface area (Å²) in [6.45, 7) is 4.43. The quantitative estimate of drug-likeness (QED) is 0.549. The molecule has 0 saturated carbocycles. The molecule has 0 aliphatic carbocycles. The van der Waals surface area contributed by atoms with Gasteiger partial charge in [0.25, 0.3) is 11.1 Å². The Bertz CT molecular complexity index is 975. The number of thioether (sulfide) groups is 1. The van der Waals surface area contributed by atoms with Crippen LogP contribution in [0.4, 0.5) is 0 Å². The molecule has 0 spiro atoms. The third-order valence-electron chi connectivity index (χ3n) is 5.35. The standard InChI is InChI=1S/C22H25N3O3S/c1-15-7-5-8-16(2)25(15)21(26)14-29-22-24-23-20(28-22)13-27-19-12-6-10-17-9-3-4-11-18(17)19/h3-4,6,9-12,15-16H,5,7-8,13-14H2,1-2H3/t15-,16+. The van der Waals surface area contributed by atoms with E-state index >= 15 is 0 Å². The Morgan fingerprint density at radius 1 is 1.14 bits per heavy atom. The minimum absolute atomic E-state index is 0.126. The van der Waals surface area contributed by atoms with Gasteiger partial charge in [-0.1, -0.05) is 48.2 Å². The third kappa shape index (κ3) is 4.56. The van der Waals surface area contributed by atoms with Gasteiger partial charge in [-0.25, -0.2) is 0 Å². The Morgan fingerprint density at radius 3 is 2.72 bits per heavy atom. The smallest absolute Gasteiger partial charge is 0.277 e. The van der Waals surface area contributed by atoms with Crippen LogP contribution in [0.15, 0.2) is 52.1 Å². The summed E-state index contributed by atoms with van der Waals surface area (Å²) in [6.07, 6.45) is 3.32. The highest BCUT2D eigenvalue weighted by Gasteiger charge is 2.29. The van der Waals surface area contributed by atoms with Crippen molar-refractivity contribution < 1.29 is 13.9 Å². The van der Waals surface area contributed by atoms with Gasteiger partial charge < -0.3 is 14.1 Å². The maximum absolute atomic E-state index is 12.6. The fourth-order valence-electron chi connectivity index (χ4n) is 3.93. The van der Waals surface area contributed by atoms with Crippen LogP contribution in [0.25, 0.3) is 10.8 Å². The second kappa shape index (κ2) is 8.86. The van der Waals surface area contributed by atoms with Gasteiger partial charge in [0.15, 0.2) is 6.61 Å². The first-order valence-electron chi connectivity index (χ1n) is 9.98. The fraction of sp³-hybridized carbons (Fsp3) is 0.409. The van der Waals surface area contributed by atoms with Gasteiger partial charge in [-0.05, 0) is 44.6 Å². The molecule has 2 atom stereocenters. The number of benzene rings is 2. The van der Waals surface area contributed by atoms with Crippen LogP contribution < -0.4 is 4.74 Å². The first kappa shape index (κ1) is 19.8. The molecule has 1 amide bonds. The molecule has 0 N–H and O–H groups in total. The van der Waals surface area contributed by atoms with E-state index in [-0.39, 0.29) is 12.5 Å². The summed E-state index contributed by atoms with van der Waals surface area (Å²) in [6, 6.07) is 14.6. The molecule has 6 nitrogen and oxygen atoms in total. The number of hydrogen-bond donors (Lipinski definition) is 0. The van der Waals surface area contributed by atoms with Gasteiger partial charge in [-0.3, -0.25) is 4.79 Å². The van der Waals surface area contributed by atoms with Crippen molar-refractivity contribution in [1.82, 2.24) is 15.1 Å². The molecule has 1 fully saturated rings. The van der Waals surface area contributed by atoms with Crippen LogP contribution in [0, 0.1) is 0 Å². The Hall–Kier alpha value is -2.54. The lowest BCUT2D eigenvalue weighted by Crippen LogP contribution is -2.48. The number of rotatable bonds is 6. The molecule has 0 radical (unpaired) electrons. The molecule has 152 valence electrons. The zero-order chi connectivity index (χ0) is 20.2. The number of ether oxygens (including phenoxy) is 1. The van der Waals surface area contributed by atoms with Crippen LogP contribution in [-0.4, -0.2) is 38.8 Å². The van der Waals surface area contributed by atoms with Crippen LogP contribution in [-0.2, 0) is 11.4 Å². The molecule has 1 aromatic heterocycles. The first-order valence-corrected chi connectivity index (χ1v) is 11.0. The van der Waals surface area contributed by atoms with Gasteiger partial charge >= 0.3 is 0 Å². The van der Waals surface area contributed by atoms with Crippen LogP contribution >= 0.6 is 11.8 Å². The van der Waals surface area contributed by atoms with Crippen molar-refractivity contribution in [3.63, 3.8) is 0 Å². The average molecular weight is 412 g/mol. The molecule has 7 heteroatoms. The SMILES string of the molecule is C[C@@H]1CCC[C@H](C)N1C(=O)CSc1nnc(COc2cccc3ccccc23)o1. The van der Waals surface area contributed by atoms with Crippen molar-refractivity contribution in [2.45, 2.75) is 57.0 Å². The number of fused-ring (bicyclic) bond motifs is 1. The molecule has 1 aliphatic heterocycles. The van der Waals surface area contributed by atoms with Gasteiger partial charge in [0, 0.05) is 17.5 Å². The fourth-order valence-corrected chi connectivity index (χ4v) is 4.58. The molecule has 2 aromatic carbocycles. The van der Waals surface area contributed by atoms with Crippen molar-refractivity contribution in [2.75, 3.05) is 5.75 Å². The highest BCUT2D eigenvalue weighted by atomic mass is 32.2. The van der Waals surface area contributed by atoms with Crippen molar-refractivity contribution in [3.05, 3.63) is 48.4 Å². The van der Waals surface area contributed by atoms with Gasteiger partial charge in [-0.15, -0.1) is 10.2 Å². The number of piperidine rings is 1. The van der Waals surface area contributed by atoms with Crippen LogP contribution in [0.1, 0.15) is 39.0 Å². The minimum Gasteiger partial charge on any atom is -0.483 e. The Kier molecular flexibility index (Phi) is 6.04. The molecule has 4 rings (SSSR count). The van der Waals surface area contributed by atoms with E-state index < -0.39 is 0 Å². The summed E-state index contributed by atoms with van der Waals surface area (Å²) in [5, 5.41) is 10.6. The minimum atomic E-state index is 0.126. The number of amides is 1. The molecule has 1 saturated heterocycles. The van der Waals surface area contributed by atoms with Crippen LogP contribution in [0.5, 0.6) is 5.75 Å². The summed E-state index contributed by atoms with van der Waals surface area (Å²) in [4.78, 5) is 14.6. The zero-order valence-corrected chi connectivity index (χ0v) is 17.5. The summed E-state index contributed by atoms with van der Waals surface area (Å²) >= 11 is 1.28. The number of likely N-dealkylation sites (tertiary alicyclic amines) is 1. The highest BCUT2D eigenvalue weighted by Crippen LogP contribution is 2.27. The zero-order valence-electron chi connectivity index (χ0n) is 16.7. The van der Waals surface area contributed by atoms with E-state index in [2.05, 4.69) is 24.0 Å². The van der Waals surface area contributed by atoms with E-state index in [9.17, 15) is 4.79 Å². The van der Waals surface area contributed by atoms with E-state index in [4.69, 9.17) is 9.15 Å². The molecule has 0 unspecified atom stereocenters. The third-order valence-corrected chi connectivity index (χ3v) is 6.15. The summed E-state index contributed by atoms with van der Waals surface area (Å²) in [7, 11) is 0. The second-order valence-corrected chi connectivity index (χ2v) is 8.37. The van der Waals surface area contributed by atoms with Crippen molar-refractivity contribution in [1.29, 1.82) is 0 Å². The van der Waals surface area contributed by atoms with Gasteiger partial charge in [-0.2, -0.15) is 0 Å². The topological polar surface area (TPSA) is 68.5 Å². The predicted molar refractivity (Wildman–Crippen MR) is 113 cm³/mol. The van der Waals surface area contributed by atoms with Gasteiger partial charge in [0.2, 0.25) is 5.91 Å². The first-order chi connectivity index (χ1) is 14.1. The predicted octanol–water partition coefficient (Wildman–Crippen LogP) is 4.68. The molecule has 3 aromatic rings. The number of nitrogens with zero attached hydrogens (tertiary/aromatic N) is 3. The lowest BCUT2D eigenvalue weighted by Gasteiger charge is -2.39. The van der Waals surface area contributed by atoms with Crippen molar-refractivity contribution in [3.8, 4) is 5.75 Å². The summed E-state index contributed by atoms with van der Waals surface area (Å²) < 4.78 is 11.5.